The van der Waals surface area contributed by atoms with Crippen LogP contribution in [0.5, 0.6) is 0 Å². The van der Waals surface area contributed by atoms with Crippen LogP contribution in [0.4, 0.5) is 4.39 Å². The molecular formula is C18H24FNO2. The molecule has 0 spiro atoms. The molecule has 1 aromatic carbocycles. The summed E-state index contributed by atoms with van der Waals surface area (Å²) in [5, 5.41) is 0. The number of carbonyl (C=O) groups is 1. The van der Waals surface area contributed by atoms with Gasteiger partial charge in [0.1, 0.15) is 5.82 Å². The Hall–Kier alpha value is -1.42. The highest BCUT2D eigenvalue weighted by atomic mass is 19.1. The fourth-order valence-electron chi connectivity index (χ4n) is 3.48. The number of piperidine rings is 1. The molecule has 2 fully saturated rings. The molecule has 2 saturated heterocycles. The number of rotatable bonds is 4. The highest BCUT2D eigenvalue weighted by molar-refractivity contribution is 5.75. The van der Waals surface area contributed by atoms with Crippen molar-refractivity contribution in [1.82, 2.24) is 4.90 Å². The van der Waals surface area contributed by atoms with Crippen LogP contribution in [-0.4, -0.2) is 37.1 Å². The Kier molecular flexibility index (Phi) is 4.77. The molecule has 0 N–H and O–H groups in total. The average Bonchev–Trinajstić information content (AvgIpc) is 2.85. The molecule has 2 unspecified atom stereocenters. The van der Waals surface area contributed by atoms with Gasteiger partial charge in [-0.25, -0.2) is 4.39 Å². The van der Waals surface area contributed by atoms with Gasteiger partial charge >= 0.3 is 5.97 Å². The maximum absolute atomic E-state index is 13.0. The Labute approximate surface area is 131 Å². The zero-order valence-electron chi connectivity index (χ0n) is 13.1. The lowest BCUT2D eigenvalue weighted by Crippen LogP contribution is -2.39. The molecule has 0 aliphatic carbocycles. The summed E-state index contributed by atoms with van der Waals surface area (Å²) in [5.74, 6) is 0.671. The van der Waals surface area contributed by atoms with Crippen LogP contribution < -0.4 is 0 Å². The summed E-state index contributed by atoms with van der Waals surface area (Å²) in [4.78, 5) is 14.5. The molecule has 2 aliphatic heterocycles. The van der Waals surface area contributed by atoms with Crippen LogP contribution in [0.2, 0.25) is 0 Å². The lowest BCUT2D eigenvalue weighted by Gasteiger charge is -2.32. The Morgan fingerprint density at radius 3 is 2.59 bits per heavy atom. The van der Waals surface area contributed by atoms with E-state index in [0.717, 1.165) is 37.5 Å². The number of esters is 1. The molecule has 0 aromatic heterocycles. The van der Waals surface area contributed by atoms with Crippen LogP contribution in [0, 0.1) is 23.6 Å². The van der Waals surface area contributed by atoms with E-state index in [0.29, 0.717) is 6.61 Å². The van der Waals surface area contributed by atoms with Gasteiger partial charge in [-0.1, -0.05) is 19.1 Å². The Morgan fingerprint density at radius 2 is 1.91 bits per heavy atom. The van der Waals surface area contributed by atoms with Gasteiger partial charge in [0.2, 0.25) is 0 Å². The van der Waals surface area contributed by atoms with E-state index in [1.165, 1.54) is 25.0 Å². The summed E-state index contributed by atoms with van der Waals surface area (Å²) in [6.45, 7) is 5.74. The van der Waals surface area contributed by atoms with E-state index in [9.17, 15) is 9.18 Å². The topological polar surface area (TPSA) is 29.5 Å². The zero-order valence-corrected chi connectivity index (χ0v) is 13.1. The fraction of sp³-hybridized carbons (Fsp3) is 0.611. The predicted molar refractivity (Wildman–Crippen MR) is 82.9 cm³/mol. The second-order valence-corrected chi connectivity index (χ2v) is 6.81. The number of hydrogen-bond acceptors (Lipinski definition) is 3. The van der Waals surface area contributed by atoms with Crippen molar-refractivity contribution in [2.24, 2.45) is 17.8 Å². The maximum atomic E-state index is 13.0. The SMILES string of the molecule is CC1CCN(CC2C(=O)OCC2Cc2ccc(F)cc2)CC1. The first kappa shape index (κ1) is 15.5. The molecule has 1 aromatic rings. The first-order valence-corrected chi connectivity index (χ1v) is 8.25. The molecule has 0 amide bonds. The largest absolute Gasteiger partial charge is 0.465 e. The number of cyclic esters (lactones) is 1. The van der Waals surface area contributed by atoms with Gasteiger partial charge in [0.05, 0.1) is 12.5 Å². The summed E-state index contributed by atoms with van der Waals surface area (Å²) in [7, 11) is 0. The van der Waals surface area contributed by atoms with Gasteiger partial charge in [0.25, 0.3) is 0 Å². The molecular weight excluding hydrogens is 281 g/mol. The average molecular weight is 305 g/mol. The second-order valence-electron chi connectivity index (χ2n) is 6.81. The third-order valence-corrected chi connectivity index (χ3v) is 5.05. The lowest BCUT2D eigenvalue weighted by atomic mass is 9.88. The van der Waals surface area contributed by atoms with Crippen LogP contribution in [0.3, 0.4) is 0 Å². The van der Waals surface area contributed by atoms with Crippen molar-refractivity contribution in [2.75, 3.05) is 26.2 Å². The van der Waals surface area contributed by atoms with E-state index >= 15 is 0 Å². The van der Waals surface area contributed by atoms with Crippen LogP contribution in [0.25, 0.3) is 0 Å². The number of carbonyl (C=O) groups excluding carboxylic acids is 1. The van der Waals surface area contributed by atoms with Crippen molar-refractivity contribution in [1.29, 1.82) is 0 Å². The van der Waals surface area contributed by atoms with Gasteiger partial charge in [-0.05, 0) is 56.0 Å². The van der Waals surface area contributed by atoms with Crippen molar-refractivity contribution in [3.63, 3.8) is 0 Å². The van der Waals surface area contributed by atoms with Gasteiger partial charge < -0.3 is 9.64 Å². The Balaban J connectivity index is 1.60. The maximum Gasteiger partial charge on any atom is 0.310 e. The van der Waals surface area contributed by atoms with E-state index in [1.54, 1.807) is 12.1 Å². The van der Waals surface area contributed by atoms with Gasteiger partial charge in [-0.3, -0.25) is 4.79 Å². The molecule has 0 bridgehead atoms. The molecule has 22 heavy (non-hydrogen) atoms. The number of benzene rings is 1. The van der Waals surface area contributed by atoms with Crippen molar-refractivity contribution in [3.05, 3.63) is 35.6 Å². The Morgan fingerprint density at radius 1 is 1.23 bits per heavy atom. The van der Waals surface area contributed by atoms with Crippen LogP contribution >= 0.6 is 0 Å². The first-order chi connectivity index (χ1) is 10.6. The summed E-state index contributed by atoms with van der Waals surface area (Å²) in [6, 6.07) is 6.57. The number of halogens is 1. The normalized spacial score (nSPS) is 27.1. The van der Waals surface area contributed by atoms with E-state index in [1.807, 2.05) is 0 Å². The molecule has 3 rings (SSSR count). The summed E-state index contributed by atoms with van der Waals surface area (Å²) in [5.41, 5.74) is 1.07. The molecule has 2 heterocycles. The molecule has 0 radical (unpaired) electrons. The van der Waals surface area contributed by atoms with Crippen LogP contribution in [-0.2, 0) is 16.0 Å². The lowest BCUT2D eigenvalue weighted by molar-refractivity contribution is -0.141. The molecule has 0 saturated carbocycles. The number of ether oxygens (including phenoxy) is 1. The van der Waals surface area contributed by atoms with Gasteiger partial charge in [0.15, 0.2) is 0 Å². The minimum Gasteiger partial charge on any atom is -0.465 e. The molecule has 120 valence electrons. The minimum absolute atomic E-state index is 0.0431. The van der Waals surface area contributed by atoms with Gasteiger partial charge in [-0.15, -0.1) is 0 Å². The number of likely N-dealkylation sites (tertiary alicyclic amines) is 1. The molecule has 3 nitrogen and oxygen atoms in total. The monoisotopic (exact) mass is 305 g/mol. The Bertz CT molecular complexity index is 508. The second kappa shape index (κ2) is 6.78. The highest BCUT2D eigenvalue weighted by Crippen LogP contribution is 2.28. The van der Waals surface area contributed by atoms with Crippen molar-refractivity contribution in [2.45, 2.75) is 26.2 Å². The summed E-state index contributed by atoms with van der Waals surface area (Å²) < 4.78 is 18.3. The minimum atomic E-state index is -0.221. The zero-order chi connectivity index (χ0) is 15.5. The molecule has 2 atom stereocenters. The van der Waals surface area contributed by atoms with Crippen molar-refractivity contribution in [3.8, 4) is 0 Å². The summed E-state index contributed by atoms with van der Waals surface area (Å²) in [6.07, 6.45) is 3.20. The smallest absolute Gasteiger partial charge is 0.310 e. The standard InChI is InChI=1S/C18H24FNO2/c1-13-6-8-20(9-7-13)11-17-15(12-22-18(17)21)10-14-2-4-16(19)5-3-14/h2-5,13,15,17H,6-12H2,1H3. The number of hydrogen-bond donors (Lipinski definition) is 0. The van der Waals surface area contributed by atoms with Crippen LogP contribution in [0.1, 0.15) is 25.3 Å². The van der Waals surface area contributed by atoms with Gasteiger partial charge in [0, 0.05) is 12.5 Å². The van der Waals surface area contributed by atoms with Crippen molar-refractivity contribution >= 4 is 5.97 Å². The summed E-state index contributed by atoms with van der Waals surface area (Å²) >= 11 is 0. The van der Waals surface area contributed by atoms with Gasteiger partial charge in [-0.2, -0.15) is 0 Å². The van der Waals surface area contributed by atoms with E-state index < -0.39 is 0 Å². The highest BCUT2D eigenvalue weighted by Gasteiger charge is 2.38. The quantitative estimate of drug-likeness (QED) is 0.801. The molecule has 2 aliphatic rings. The van der Waals surface area contributed by atoms with Crippen LogP contribution in [0.15, 0.2) is 24.3 Å². The van der Waals surface area contributed by atoms with Crippen molar-refractivity contribution < 1.29 is 13.9 Å². The van der Waals surface area contributed by atoms with E-state index in [4.69, 9.17) is 4.74 Å². The fourth-order valence-corrected chi connectivity index (χ4v) is 3.48. The van der Waals surface area contributed by atoms with E-state index in [-0.39, 0.29) is 23.6 Å². The third kappa shape index (κ3) is 3.67. The van der Waals surface area contributed by atoms with E-state index in [2.05, 4.69) is 11.8 Å². The first-order valence-electron chi connectivity index (χ1n) is 8.25. The third-order valence-electron chi connectivity index (χ3n) is 5.05. The predicted octanol–water partition coefficient (Wildman–Crippen LogP) is 2.89. The molecule has 4 heteroatoms. The number of nitrogens with zero attached hydrogens (tertiary/aromatic N) is 1.